The third kappa shape index (κ3) is 5.07. The maximum absolute atomic E-state index is 5.80. The first-order valence-electron chi connectivity index (χ1n) is 7.56. The Morgan fingerprint density at radius 2 is 1.74 bits per heavy atom. The molecule has 120 valence electrons. The molecule has 4 nitrogen and oxygen atoms in total. The molecule has 0 saturated heterocycles. The van der Waals surface area contributed by atoms with Crippen molar-refractivity contribution >= 4 is 23.0 Å². The molecule has 23 heavy (non-hydrogen) atoms. The van der Waals surface area contributed by atoms with E-state index in [1.165, 1.54) is 0 Å². The number of thiocarbonyl (C=S) groups is 1. The Labute approximate surface area is 142 Å². The molecule has 1 atom stereocenters. The second-order valence-corrected chi connectivity index (χ2v) is 5.66. The molecule has 0 spiro atoms. The molecule has 0 aliphatic rings. The van der Waals surface area contributed by atoms with E-state index in [-0.39, 0.29) is 11.0 Å². The maximum atomic E-state index is 5.80. The van der Waals surface area contributed by atoms with Crippen molar-refractivity contribution in [2.45, 2.75) is 20.3 Å². The molecule has 5 heteroatoms. The quantitative estimate of drug-likeness (QED) is 0.477. The molecule has 0 aromatic heterocycles. The van der Waals surface area contributed by atoms with Crippen LogP contribution in [0.15, 0.2) is 59.7 Å². The molecule has 2 aromatic carbocycles. The minimum absolute atomic E-state index is 0.162. The van der Waals surface area contributed by atoms with E-state index in [4.69, 9.17) is 22.7 Å². The van der Waals surface area contributed by atoms with Crippen LogP contribution in [0.5, 0.6) is 11.5 Å². The van der Waals surface area contributed by atoms with Crippen LogP contribution < -0.4 is 15.9 Å². The summed E-state index contributed by atoms with van der Waals surface area (Å²) < 4.78 is 5.80. The van der Waals surface area contributed by atoms with Gasteiger partial charge in [0.1, 0.15) is 11.5 Å². The van der Waals surface area contributed by atoms with Crippen molar-refractivity contribution in [1.82, 2.24) is 5.43 Å². The lowest BCUT2D eigenvalue weighted by atomic mass is 9.96. The van der Waals surface area contributed by atoms with E-state index < -0.39 is 0 Å². The van der Waals surface area contributed by atoms with E-state index in [9.17, 15) is 0 Å². The molecule has 1 unspecified atom stereocenters. The van der Waals surface area contributed by atoms with Crippen LogP contribution in [-0.2, 0) is 0 Å². The molecular formula is C18H21N3OS. The summed E-state index contributed by atoms with van der Waals surface area (Å²) in [4.78, 5) is 0. The summed E-state index contributed by atoms with van der Waals surface area (Å²) in [5, 5.41) is 4.50. The Bertz CT molecular complexity index is 668. The summed E-state index contributed by atoms with van der Waals surface area (Å²) in [5.41, 5.74) is 10.1. The highest BCUT2D eigenvalue weighted by Gasteiger charge is 2.12. The van der Waals surface area contributed by atoms with E-state index in [1.807, 2.05) is 54.6 Å². The number of nitrogens with two attached hydrogens (primary N) is 1. The number of hydrogen-bond acceptors (Lipinski definition) is 3. The number of hydrazone groups is 1. The van der Waals surface area contributed by atoms with Gasteiger partial charge in [-0.15, -0.1) is 0 Å². The van der Waals surface area contributed by atoms with Gasteiger partial charge in [-0.2, -0.15) is 5.10 Å². The van der Waals surface area contributed by atoms with E-state index in [2.05, 4.69) is 24.4 Å². The van der Waals surface area contributed by atoms with Crippen LogP contribution >= 0.6 is 12.2 Å². The van der Waals surface area contributed by atoms with Gasteiger partial charge in [0.05, 0.1) is 5.71 Å². The molecule has 2 aromatic rings. The fourth-order valence-electron chi connectivity index (χ4n) is 2.09. The summed E-state index contributed by atoms with van der Waals surface area (Å²) >= 11 is 4.82. The molecule has 0 amide bonds. The van der Waals surface area contributed by atoms with Gasteiger partial charge in [-0.25, -0.2) is 0 Å². The lowest BCUT2D eigenvalue weighted by molar-refractivity contribution is 0.482. The lowest BCUT2D eigenvalue weighted by Crippen LogP contribution is -2.27. The first kappa shape index (κ1) is 17.0. The van der Waals surface area contributed by atoms with Gasteiger partial charge in [0, 0.05) is 5.92 Å². The monoisotopic (exact) mass is 327 g/mol. The topological polar surface area (TPSA) is 59.6 Å². The SMILES string of the molecule is CCC(C)C(=NNC(N)=S)c1ccc(Oc2ccccc2)cc1. The van der Waals surface area contributed by atoms with Gasteiger partial charge in [-0.1, -0.05) is 32.0 Å². The first-order valence-corrected chi connectivity index (χ1v) is 7.97. The molecule has 0 aliphatic heterocycles. The van der Waals surface area contributed by atoms with E-state index in [1.54, 1.807) is 0 Å². The van der Waals surface area contributed by atoms with Gasteiger partial charge in [-0.3, -0.25) is 5.43 Å². The van der Waals surface area contributed by atoms with Crippen LogP contribution in [0.1, 0.15) is 25.8 Å². The summed E-state index contributed by atoms with van der Waals surface area (Å²) in [6.07, 6.45) is 0.972. The summed E-state index contributed by atoms with van der Waals surface area (Å²) in [5.74, 6) is 1.88. The number of benzene rings is 2. The van der Waals surface area contributed by atoms with Gasteiger partial charge < -0.3 is 10.5 Å². The molecule has 0 aliphatic carbocycles. The van der Waals surface area contributed by atoms with E-state index in [0.29, 0.717) is 0 Å². The summed E-state index contributed by atoms with van der Waals surface area (Å²) in [6, 6.07) is 17.5. The third-order valence-electron chi connectivity index (χ3n) is 3.49. The van der Waals surface area contributed by atoms with Crippen molar-refractivity contribution in [1.29, 1.82) is 0 Å². The molecular weight excluding hydrogens is 306 g/mol. The van der Waals surface area contributed by atoms with E-state index >= 15 is 0 Å². The number of nitrogens with zero attached hydrogens (tertiary/aromatic N) is 1. The molecule has 0 saturated carbocycles. The fourth-order valence-corrected chi connectivity index (χ4v) is 2.13. The largest absolute Gasteiger partial charge is 0.457 e. The van der Waals surface area contributed by atoms with Crippen molar-refractivity contribution in [2.24, 2.45) is 16.8 Å². The Morgan fingerprint density at radius 1 is 1.13 bits per heavy atom. The van der Waals surface area contributed by atoms with Gasteiger partial charge >= 0.3 is 0 Å². The van der Waals surface area contributed by atoms with Gasteiger partial charge in [0.2, 0.25) is 0 Å². The van der Waals surface area contributed by atoms with Crippen LogP contribution in [0, 0.1) is 5.92 Å². The second kappa shape index (κ2) is 8.29. The Balaban J connectivity index is 2.18. The van der Waals surface area contributed by atoms with Crippen LogP contribution in [-0.4, -0.2) is 10.8 Å². The number of nitrogens with one attached hydrogen (secondary N) is 1. The van der Waals surface area contributed by atoms with E-state index in [0.717, 1.165) is 29.2 Å². The van der Waals surface area contributed by atoms with Gasteiger partial charge in [0.25, 0.3) is 0 Å². The molecule has 0 bridgehead atoms. The number of rotatable bonds is 6. The minimum atomic E-state index is 0.162. The number of ether oxygens (including phenoxy) is 1. The number of para-hydroxylation sites is 1. The fraction of sp³-hybridized carbons (Fsp3) is 0.222. The van der Waals surface area contributed by atoms with Crippen LogP contribution in [0.2, 0.25) is 0 Å². The molecule has 2 rings (SSSR count). The van der Waals surface area contributed by atoms with Crippen LogP contribution in [0.3, 0.4) is 0 Å². The van der Waals surface area contributed by atoms with Crippen LogP contribution in [0.4, 0.5) is 0 Å². The zero-order valence-electron chi connectivity index (χ0n) is 13.3. The predicted octanol–water partition coefficient (Wildman–Crippen LogP) is 4.06. The highest BCUT2D eigenvalue weighted by Crippen LogP contribution is 2.22. The van der Waals surface area contributed by atoms with Crippen LogP contribution in [0.25, 0.3) is 0 Å². The summed E-state index contributed by atoms with van der Waals surface area (Å²) in [6.45, 7) is 4.24. The second-order valence-electron chi connectivity index (χ2n) is 5.22. The van der Waals surface area contributed by atoms with Crippen molar-refractivity contribution in [3.63, 3.8) is 0 Å². The average Bonchev–Trinajstić information content (AvgIpc) is 2.57. The molecule has 0 radical (unpaired) electrons. The standard InChI is InChI=1S/C18H21N3OS/c1-3-13(2)17(20-21-18(19)23)14-9-11-16(12-10-14)22-15-7-5-4-6-8-15/h4-13H,3H2,1-2H3,(H3,19,21,23). The number of hydrogen-bond donors (Lipinski definition) is 2. The normalized spacial score (nSPS) is 12.5. The smallest absolute Gasteiger partial charge is 0.184 e. The minimum Gasteiger partial charge on any atom is -0.457 e. The van der Waals surface area contributed by atoms with Crippen molar-refractivity contribution < 1.29 is 4.74 Å². The molecule has 0 heterocycles. The maximum Gasteiger partial charge on any atom is 0.184 e. The first-order chi connectivity index (χ1) is 11.1. The van der Waals surface area contributed by atoms with Gasteiger partial charge in [0.15, 0.2) is 5.11 Å². The Kier molecular flexibility index (Phi) is 6.11. The Hall–Kier alpha value is -2.40. The van der Waals surface area contributed by atoms with Crippen molar-refractivity contribution in [2.75, 3.05) is 0 Å². The average molecular weight is 327 g/mol. The lowest BCUT2D eigenvalue weighted by Gasteiger charge is -2.14. The highest BCUT2D eigenvalue weighted by atomic mass is 32.1. The zero-order chi connectivity index (χ0) is 16.7. The van der Waals surface area contributed by atoms with Crippen molar-refractivity contribution in [3.05, 3.63) is 60.2 Å². The zero-order valence-corrected chi connectivity index (χ0v) is 14.1. The van der Waals surface area contributed by atoms with Crippen molar-refractivity contribution in [3.8, 4) is 11.5 Å². The molecule has 0 fully saturated rings. The van der Waals surface area contributed by atoms with Gasteiger partial charge in [-0.05, 0) is 60.6 Å². The highest BCUT2D eigenvalue weighted by molar-refractivity contribution is 7.80. The molecule has 3 N–H and O–H groups in total. The Morgan fingerprint density at radius 3 is 2.30 bits per heavy atom. The summed E-state index contributed by atoms with van der Waals surface area (Å²) in [7, 11) is 0. The predicted molar refractivity (Wildman–Crippen MR) is 98.9 cm³/mol. The third-order valence-corrected chi connectivity index (χ3v) is 3.59.